The quantitative estimate of drug-likeness (QED) is 0.571. The van der Waals surface area contributed by atoms with Crippen molar-refractivity contribution in [1.29, 1.82) is 0 Å². The van der Waals surface area contributed by atoms with Crippen LogP contribution >= 0.6 is 0 Å². The molecule has 7 nitrogen and oxygen atoms in total. The molecule has 29 heavy (non-hydrogen) atoms. The molecule has 0 radical (unpaired) electrons. The van der Waals surface area contributed by atoms with Crippen LogP contribution in [0.5, 0.6) is 11.5 Å². The maximum absolute atomic E-state index is 12.9. The number of nitrogens with one attached hydrogen (secondary N) is 2. The Morgan fingerprint density at radius 2 is 1.86 bits per heavy atom. The van der Waals surface area contributed by atoms with Gasteiger partial charge < -0.3 is 24.5 Å². The number of methoxy groups -OCH3 is 2. The maximum atomic E-state index is 12.9. The van der Waals surface area contributed by atoms with Gasteiger partial charge in [0, 0.05) is 24.1 Å². The van der Waals surface area contributed by atoms with Crippen LogP contribution in [0.4, 0.5) is 0 Å². The molecule has 0 saturated heterocycles. The number of fused-ring (bicyclic) bond motifs is 1. The van der Waals surface area contributed by atoms with Gasteiger partial charge in [0.05, 0.1) is 25.3 Å². The summed E-state index contributed by atoms with van der Waals surface area (Å²) in [5.74, 6) is 0.855. The van der Waals surface area contributed by atoms with Crippen LogP contribution in [-0.2, 0) is 4.74 Å². The molecule has 1 amide bonds. The van der Waals surface area contributed by atoms with Gasteiger partial charge in [0.25, 0.3) is 5.91 Å². The van der Waals surface area contributed by atoms with E-state index in [9.17, 15) is 9.59 Å². The number of hydrogen-bond donors (Lipinski definition) is 2. The number of hydrogen-bond acceptors (Lipinski definition) is 5. The summed E-state index contributed by atoms with van der Waals surface area (Å²) in [6, 6.07) is 13.7. The van der Waals surface area contributed by atoms with Crippen molar-refractivity contribution in [2.75, 3.05) is 27.4 Å². The van der Waals surface area contributed by atoms with Gasteiger partial charge in [-0.25, -0.2) is 0 Å². The van der Waals surface area contributed by atoms with Crippen molar-refractivity contribution in [3.63, 3.8) is 0 Å². The first-order valence-electron chi connectivity index (χ1n) is 9.26. The minimum Gasteiger partial charge on any atom is -0.493 e. The van der Waals surface area contributed by atoms with E-state index >= 15 is 0 Å². The molecule has 1 aromatic heterocycles. The Kier molecular flexibility index (Phi) is 6.51. The summed E-state index contributed by atoms with van der Waals surface area (Å²) in [5, 5.41) is 3.64. The zero-order valence-corrected chi connectivity index (χ0v) is 16.7. The molecule has 3 rings (SSSR count). The molecule has 1 atom stereocenters. The molecule has 0 aliphatic heterocycles. The van der Waals surface area contributed by atoms with E-state index in [4.69, 9.17) is 14.2 Å². The average Bonchev–Trinajstić information content (AvgIpc) is 2.73. The van der Waals surface area contributed by atoms with E-state index in [1.807, 2.05) is 31.2 Å². The van der Waals surface area contributed by atoms with Crippen molar-refractivity contribution < 1.29 is 19.0 Å². The number of H-pyrrole nitrogens is 1. The fraction of sp³-hybridized carbons (Fsp3) is 0.273. The highest BCUT2D eigenvalue weighted by molar-refractivity contribution is 6.06. The minimum absolute atomic E-state index is 0.303. The van der Waals surface area contributed by atoms with Crippen LogP contribution in [0.1, 0.15) is 28.9 Å². The number of benzene rings is 2. The molecule has 0 aliphatic carbocycles. The Hall–Kier alpha value is -3.32. The van der Waals surface area contributed by atoms with E-state index in [0.29, 0.717) is 41.2 Å². The van der Waals surface area contributed by atoms with Gasteiger partial charge in [-0.15, -0.1) is 0 Å². The number of carbonyl (C=O) groups is 1. The molecule has 2 aromatic carbocycles. The second-order valence-corrected chi connectivity index (χ2v) is 6.54. The predicted molar refractivity (Wildman–Crippen MR) is 111 cm³/mol. The first-order chi connectivity index (χ1) is 14.0. The Morgan fingerprint density at radius 3 is 2.62 bits per heavy atom. The van der Waals surface area contributed by atoms with Crippen molar-refractivity contribution in [2.45, 2.75) is 13.0 Å². The number of pyridine rings is 1. The second-order valence-electron chi connectivity index (χ2n) is 6.54. The normalized spacial score (nSPS) is 11.8. The van der Waals surface area contributed by atoms with Crippen molar-refractivity contribution in [3.8, 4) is 11.5 Å². The lowest BCUT2D eigenvalue weighted by Crippen LogP contribution is -2.28. The molecular formula is C22H24N2O5. The van der Waals surface area contributed by atoms with Crippen LogP contribution in [0.3, 0.4) is 0 Å². The standard InChI is InChI=1S/C22H24N2O5/c1-14(15-8-9-19(20(12-15)28-3)29-11-10-27-2)23-22(26)17-13-21(25)24-18-7-5-4-6-16(17)18/h4-9,12-14H,10-11H2,1-3H3,(H,23,26)(H,24,25). The van der Waals surface area contributed by atoms with Gasteiger partial charge in [0.15, 0.2) is 11.5 Å². The number of rotatable bonds is 8. The highest BCUT2D eigenvalue weighted by Gasteiger charge is 2.16. The summed E-state index contributed by atoms with van der Waals surface area (Å²) < 4.78 is 16.0. The number of amides is 1. The number of aromatic amines is 1. The first-order valence-corrected chi connectivity index (χ1v) is 9.26. The van der Waals surface area contributed by atoms with Crippen LogP contribution in [0, 0.1) is 0 Å². The Labute approximate surface area is 168 Å². The van der Waals surface area contributed by atoms with E-state index in [1.165, 1.54) is 6.07 Å². The molecule has 0 fully saturated rings. The monoisotopic (exact) mass is 396 g/mol. The van der Waals surface area contributed by atoms with Crippen molar-refractivity contribution in [1.82, 2.24) is 10.3 Å². The maximum Gasteiger partial charge on any atom is 0.252 e. The summed E-state index contributed by atoms with van der Waals surface area (Å²) in [6.07, 6.45) is 0. The van der Waals surface area contributed by atoms with Gasteiger partial charge in [-0.1, -0.05) is 24.3 Å². The van der Waals surface area contributed by atoms with Gasteiger partial charge in [-0.3, -0.25) is 9.59 Å². The number of carbonyl (C=O) groups excluding carboxylic acids is 1. The molecular weight excluding hydrogens is 372 g/mol. The van der Waals surface area contributed by atoms with Crippen molar-refractivity contribution in [3.05, 3.63) is 70.0 Å². The molecule has 0 aliphatic rings. The van der Waals surface area contributed by atoms with E-state index < -0.39 is 0 Å². The van der Waals surface area contributed by atoms with Crippen LogP contribution < -0.4 is 20.3 Å². The fourth-order valence-electron chi connectivity index (χ4n) is 3.06. The summed E-state index contributed by atoms with van der Waals surface area (Å²) >= 11 is 0. The molecule has 0 bridgehead atoms. The smallest absolute Gasteiger partial charge is 0.252 e. The highest BCUT2D eigenvalue weighted by Crippen LogP contribution is 2.30. The van der Waals surface area contributed by atoms with Gasteiger partial charge in [0.1, 0.15) is 6.61 Å². The van der Waals surface area contributed by atoms with E-state index in [2.05, 4.69) is 10.3 Å². The Morgan fingerprint density at radius 1 is 1.07 bits per heavy atom. The number of aromatic nitrogens is 1. The van der Waals surface area contributed by atoms with Crippen molar-refractivity contribution >= 4 is 16.8 Å². The molecule has 0 spiro atoms. The topological polar surface area (TPSA) is 89.6 Å². The predicted octanol–water partition coefficient (Wildman–Crippen LogP) is 3.05. The van der Waals surface area contributed by atoms with Crippen LogP contribution in [-0.4, -0.2) is 38.3 Å². The molecule has 0 saturated carbocycles. The van der Waals surface area contributed by atoms with Gasteiger partial charge >= 0.3 is 0 Å². The largest absolute Gasteiger partial charge is 0.493 e. The third-order valence-electron chi connectivity index (χ3n) is 4.58. The second kappa shape index (κ2) is 9.25. The first kappa shape index (κ1) is 20.4. The Bertz CT molecular complexity index is 1060. The minimum atomic E-state index is -0.320. The summed E-state index contributed by atoms with van der Waals surface area (Å²) in [4.78, 5) is 27.5. The third-order valence-corrected chi connectivity index (χ3v) is 4.58. The zero-order valence-electron chi connectivity index (χ0n) is 16.7. The van der Waals surface area contributed by atoms with Crippen molar-refractivity contribution in [2.24, 2.45) is 0 Å². The zero-order chi connectivity index (χ0) is 20.8. The fourth-order valence-corrected chi connectivity index (χ4v) is 3.06. The summed E-state index contributed by atoms with van der Waals surface area (Å²) in [7, 11) is 3.17. The highest BCUT2D eigenvalue weighted by atomic mass is 16.5. The van der Waals surface area contributed by atoms with Gasteiger partial charge in [-0.2, -0.15) is 0 Å². The lowest BCUT2D eigenvalue weighted by atomic mass is 10.1. The number of ether oxygens (including phenoxy) is 3. The van der Waals surface area contributed by atoms with Crippen LogP contribution in [0.15, 0.2) is 53.3 Å². The van der Waals surface area contributed by atoms with E-state index in [-0.39, 0.29) is 17.5 Å². The summed E-state index contributed by atoms with van der Waals surface area (Å²) in [5.41, 5.74) is 1.49. The van der Waals surface area contributed by atoms with Gasteiger partial charge in [-0.05, 0) is 30.7 Å². The lowest BCUT2D eigenvalue weighted by Gasteiger charge is -2.17. The molecule has 7 heteroatoms. The SMILES string of the molecule is COCCOc1ccc(C(C)NC(=O)c2cc(=O)[nH]c3ccccc23)cc1OC. The van der Waals surface area contributed by atoms with Gasteiger partial charge in [0.2, 0.25) is 5.56 Å². The summed E-state index contributed by atoms with van der Waals surface area (Å²) in [6.45, 7) is 2.75. The van der Waals surface area contributed by atoms with Crippen LogP contribution in [0.25, 0.3) is 10.9 Å². The van der Waals surface area contributed by atoms with E-state index in [1.54, 1.807) is 32.4 Å². The third kappa shape index (κ3) is 4.75. The lowest BCUT2D eigenvalue weighted by molar-refractivity contribution is 0.0941. The Balaban J connectivity index is 1.80. The molecule has 152 valence electrons. The average molecular weight is 396 g/mol. The molecule has 2 N–H and O–H groups in total. The molecule has 1 unspecified atom stereocenters. The number of para-hydroxylation sites is 1. The van der Waals surface area contributed by atoms with E-state index in [0.717, 1.165) is 5.56 Å². The molecule has 1 heterocycles. The molecule has 3 aromatic rings. The van der Waals surface area contributed by atoms with Crippen LogP contribution in [0.2, 0.25) is 0 Å².